The molecule has 110 valence electrons. The van der Waals surface area contributed by atoms with E-state index in [1.54, 1.807) is 0 Å². The number of rotatable bonds is 5. The molecule has 0 fully saturated rings. The van der Waals surface area contributed by atoms with Gasteiger partial charge in [0.1, 0.15) is 12.4 Å². The van der Waals surface area contributed by atoms with Crippen molar-refractivity contribution in [2.24, 2.45) is 0 Å². The molecular formula is C17H21N3O. The van der Waals surface area contributed by atoms with E-state index >= 15 is 0 Å². The lowest BCUT2D eigenvalue weighted by Gasteiger charge is -2.25. The monoisotopic (exact) mass is 283 g/mol. The van der Waals surface area contributed by atoms with Crippen LogP contribution in [-0.4, -0.2) is 29.6 Å². The summed E-state index contributed by atoms with van der Waals surface area (Å²) >= 11 is 0. The van der Waals surface area contributed by atoms with E-state index < -0.39 is 0 Å². The largest absolute Gasteiger partial charge is 0.489 e. The van der Waals surface area contributed by atoms with Crippen LogP contribution >= 0.6 is 0 Å². The Balaban J connectivity index is 1.75. The Bertz CT molecular complexity index is 586. The molecule has 0 unspecified atom stereocenters. The van der Waals surface area contributed by atoms with Crippen LogP contribution in [0.1, 0.15) is 18.2 Å². The Kier molecular flexibility index (Phi) is 4.36. The highest BCUT2D eigenvalue weighted by atomic mass is 16.5. The Morgan fingerprint density at radius 2 is 2.14 bits per heavy atom. The molecule has 2 aromatic rings. The number of fused-ring (bicyclic) bond motifs is 1. The molecule has 21 heavy (non-hydrogen) atoms. The van der Waals surface area contributed by atoms with Crippen LogP contribution in [0.3, 0.4) is 0 Å². The van der Waals surface area contributed by atoms with Gasteiger partial charge >= 0.3 is 0 Å². The van der Waals surface area contributed by atoms with Crippen LogP contribution in [0.25, 0.3) is 0 Å². The van der Waals surface area contributed by atoms with Gasteiger partial charge in [-0.15, -0.1) is 0 Å². The SMILES string of the molecule is CCN(Cc1ccccn1)Cc1cccc2c1OCCN2. The third-order valence-electron chi connectivity index (χ3n) is 3.71. The zero-order valence-electron chi connectivity index (χ0n) is 12.4. The molecule has 1 N–H and O–H groups in total. The average molecular weight is 283 g/mol. The van der Waals surface area contributed by atoms with Crippen LogP contribution in [0.5, 0.6) is 5.75 Å². The summed E-state index contributed by atoms with van der Waals surface area (Å²) in [5, 5.41) is 3.39. The van der Waals surface area contributed by atoms with Crippen LogP contribution in [-0.2, 0) is 13.1 Å². The van der Waals surface area contributed by atoms with E-state index in [1.807, 2.05) is 18.3 Å². The first-order valence-corrected chi connectivity index (χ1v) is 7.47. The number of hydrogen-bond acceptors (Lipinski definition) is 4. The van der Waals surface area contributed by atoms with Crippen molar-refractivity contribution in [3.05, 3.63) is 53.9 Å². The Labute approximate surface area is 125 Å². The molecule has 1 aliphatic rings. The van der Waals surface area contributed by atoms with Crippen LogP contribution in [0.2, 0.25) is 0 Å². The molecule has 4 nitrogen and oxygen atoms in total. The van der Waals surface area contributed by atoms with Crippen molar-refractivity contribution in [1.29, 1.82) is 0 Å². The highest BCUT2D eigenvalue weighted by Gasteiger charge is 2.16. The molecule has 0 saturated heterocycles. The maximum atomic E-state index is 5.85. The number of para-hydroxylation sites is 1. The van der Waals surface area contributed by atoms with Gasteiger partial charge < -0.3 is 10.1 Å². The summed E-state index contributed by atoms with van der Waals surface area (Å²) in [4.78, 5) is 6.78. The first kappa shape index (κ1) is 13.9. The fourth-order valence-corrected chi connectivity index (χ4v) is 2.60. The van der Waals surface area contributed by atoms with E-state index in [1.165, 1.54) is 5.56 Å². The second kappa shape index (κ2) is 6.59. The maximum Gasteiger partial charge on any atom is 0.146 e. The molecule has 3 rings (SSSR count). The van der Waals surface area contributed by atoms with Gasteiger partial charge in [-0.3, -0.25) is 9.88 Å². The summed E-state index contributed by atoms with van der Waals surface area (Å²) in [5.74, 6) is 1.00. The molecule has 0 spiro atoms. The van der Waals surface area contributed by atoms with Gasteiger partial charge in [-0.2, -0.15) is 0 Å². The van der Waals surface area contributed by atoms with Crippen LogP contribution in [0, 0.1) is 0 Å². The molecule has 0 bridgehead atoms. The number of nitrogens with zero attached hydrogens (tertiary/aromatic N) is 2. The minimum absolute atomic E-state index is 0.733. The fourth-order valence-electron chi connectivity index (χ4n) is 2.60. The minimum Gasteiger partial charge on any atom is -0.489 e. The van der Waals surface area contributed by atoms with Crippen LogP contribution in [0.15, 0.2) is 42.6 Å². The predicted molar refractivity (Wildman–Crippen MR) is 84.5 cm³/mol. The number of anilines is 1. The second-order valence-corrected chi connectivity index (χ2v) is 5.19. The number of aromatic nitrogens is 1. The number of hydrogen-bond donors (Lipinski definition) is 1. The molecule has 1 aromatic carbocycles. The van der Waals surface area contributed by atoms with Crippen molar-refractivity contribution in [1.82, 2.24) is 9.88 Å². The Morgan fingerprint density at radius 3 is 2.95 bits per heavy atom. The van der Waals surface area contributed by atoms with Gasteiger partial charge in [-0.05, 0) is 24.7 Å². The lowest BCUT2D eigenvalue weighted by molar-refractivity contribution is 0.257. The summed E-state index contributed by atoms with van der Waals surface area (Å²) in [5.41, 5.74) is 3.44. The topological polar surface area (TPSA) is 37.4 Å². The van der Waals surface area contributed by atoms with Gasteiger partial charge in [-0.25, -0.2) is 0 Å². The van der Waals surface area contributed by atoms with Crippen molar-refractivity contribution >= 4 is 5.69 Å². The number of ether oxygens (including phenoxy) is 1. The van der Waals surface area contributed by atoms with Gasteiger partial charge in [0.15, 0.2) is 0 Å². The van der Waals surface area contributed by atoms with Crippen LogP contribution < -0.4 is 10.1 Å². The van der Waals surface area contributed by atoms with Gasteiger partial charge in [0, 0.05) is 31.4 Å². The molecule has 1 aliphatic heterocycles. The second-order valence-electron chi connectivity index (χ2n) is 5.19. The third-order valence-corrected chi connectivity index (χ3v) is 3.71. The molecule has 0 amide bonds. The highest BCUT2D eigenvalue weighted by molar-refractivity contribution is 5.61. The van der Waals surface area contributed by atoms with E-state index in [-0.39, 0.29) is 0 Å². The molecular weight excluding hydrogens is 262 g/mol. The van der Waals surface area contributed by atoms with E-state index in [2.05, 4.69) is 46.4 Å². The molecule has 0 atom stereocenters. The summed E-state index contributed by atoms with van der Waals surface area (Å²) in [7, 11) is 0. The van der Waals surface area contributed by atoms with Gasteiger partial charge in [-0.1, -0.05) is 25.1 Å². The van der Waals surface area contributed by atoms with Crippen molar-refractivity contribution < 1.29 is 4.74 Å². The zero-order valence-corrected chi connectivity index (χ0v) is 12.4. The quantitative estimate of drug-likeness (QED) is 0.915. The summed E-state index contributed by atoms with van der Waals surface area (Å²) in [6.45, 7) is 6.50. The number of pyridine rings is 1. The van der Waals surface area contributed by atoms with E-state index in [0.717, 1.165) is 49.9 Å². The van der Waals surface area contributed by atoms with E-state index in [0.29, 0.717) is 0 Å². The third kappa shape index (κ3) is 3.34. The summed E-state index contributed by atoms with van der Waals surface area (Å²) in [6.07, 6.45) is 1.85. The standard InChI is InChI=1S/C17H21N3O/c1-2-20(13-15-7-3-4-9-18-15)12-14-6-5-8-16-17(14)21-11-10-19-16/h3-9,19H,2,10-13H2,1H3. The molecule has 4 heteroatoms. The maximum absolute atomic E-state index is 5.85. The predicted octanol–water partition coefficient (Wildman–Crippen LogP) is 2.91. The Hall–Kier alpha value is -2.07. The van der Waals surface area contributed by atoms with Crippen molar-refractivity contribution in [3.63, 3.8) is 0 Å². The van der Waals surface area contributed by atoms with Gasteiger partial charge in [0.25, 0.3) is 0 Å². The lowest BCUT2D eigenvalue weighted by Crippen LogP contribution is -2.25. The van der Waals surface area contributed by atoms with Gasteiger partial charge in [0.2, 0.25) is 0 Å². The van der Waals surface area contributed by atoms with E-state index in [4.69, 9.17) is 4.74 Å². The first-order chi connectivity index (χ1) is 10.4. The smallest absolute Gasteiger partial charge is 0.146 e. The van der Waals surface area contributed by atoms with Gasteiger partial charge in [0.05, 0.1) is 11.4 Å². The van der Waals surface area contributed by atoms with Crippen molar-refractivity contribution in [2.75, 3.05) is 25.0 Å². The first-order valence-electron chi connectivity index (χ1n) is 7.47. The fraction of sp³-hybridized carbons (Fsp3) is 0.353. The van der Waals surface area contributed by atoms with E-state index in [9.17, 15) is 0 Å². The Morgan fingerprint density at radius 1 is 1.19 bits per heavy atom. The number of nitrogens with one attached hydrogen (secondary N) is 1. The lowest BCUT2D eigenvalue weighted by atomic mass is 10.1. The zero-order chi connectivity index (χ0) is 14.5. The molecule has 0 saturated carbocycles. The van der Waals surface area contributed by atoms with Crippen LogP contribution in [0.4, 0.5) is 5.69 Å². The molecule has 0 radical (unpaired) electrons. The highest BCUT2D eigenvalue weighted by Crippen LogP contribution is 2.32. The molecule has 0 aliphatic carbocycles. The number of benzene rings is 1. The normalized spacial score (nSPS) is 13.4. The average Bonchev–Trinajstić information content (AvgIpc) is 2.55. The molecule has 2 heterocycles. The van der Waals surface area contributed by atoms with Crippen molar-refractivity contribution in [3.8, 4) is 5.75 Å². The summed E-state index contributed by atoms with van der Waals surface area (Å²) in [6, 6.07) is 12.4. The van der Waals surface area contributed by atoms with Crippen molar-refractivity contribution in [2.45, 2.75) is 20.0 Å². The molecule has 1 aromatic heterocycles. The summed E-state index contributed by atoms with van der Waals surface area (Å²) < 4.78 is 5.85. The minimum atomic E-state index is 0.733.